The van der Waals surface area contributed by atoms with Crippen molar-refractivity contribution in [1.29, 1.82) is 0 Å². The Kier molecular flexibility index (Phi) is 1.05. The van der Waals surface area contributed by atoms with Crippen LogP contribution in [0.4, 0.5) is 17.6 Å². The third-order valence-corrected chi connectivity index (χ3v) is 1.33. The van der Waals surface area contributed by atoms with Crippen LogP contribution in [-0.4, -0.2) is 17.9 Å². The SMILES string of the molecule is [O]C1(F)CC(F)C1(F)F. The molecule has 0 spiro atoms. The molecule has 1 radical (unpaired) electrons. The summed E-state index contributed by atoms with van der Waals surface area (Å²) in [7, 11) is 0. The van der Waals surface area contributed by atoms with Gasteiger partial charge >= 0.3 is 11.8 Å². The molecule has 2 unspecified atom stereocenters. The fourth-order valence-corrected chi connectivity index (χ4v) is 0.598. The molecule has 1 fully saturated rings. The molecular formula is C4H3F4O. The van der Waals surface area contributed by atoms with Crippen LogP contribution in [0.2, 0.25) is 0 Å². The maximum Gasteiger partial charge on any atom is 0.339 e. The van der Waals surface area contributed by atoms with Gasteiger partial charge < -0.3 is 0 Å². The van der Waals surface area contributed by atoms with Crippen molar-refractivity contribution in [2.75, 3.05) is 0 Å². The molecular weight excluding hydrogens is 140 g/mol. The summed E-state index contributed by atoms with van der Waals surface area (Å²) in [6.07, 6.45) is -3.83. The molecule has 5 heteroatoms. The van der Waals surface area contributed by atoms with Gasteiger partial charge in [-0.05, 0) is 0 Å². The van der Waals surface area contributed by atoms with Gasteiger partial charge in [0, 0.05) is 0 Å². The van der Waals surface area contributed by atoms with E-state index in [1.165, 1.54) is 0 Å². The van der Waals surface area contributed by atoms with Crippen molar-refractivity contribution in [2.24, 2.45) is 0 Å². The number of rotatable bonds is 0. The molecule has 9 heavy (non-hydrogen) atoms. The van der Waals surface area contributed by atoms with Crippen molar-refractivity contribution >= 4 is 0 Å². The van der Waals surface area contributed by atoms with Gasteiger partial charge in [-0.25, -0.2) is 8.78 Å². The second-order valence-electron chi connectivity index (χ2n) is 2.02. The molecule has 0 aromatic heterocycles. The van der Waals surface area contributed by atoms with Crippen LogP contribution in [0.3, 0.4) is 0 Å². The molecule has 0 aromatic rings. The minimum atomic E-state index is -4.31. The molecule has 0 amide bonds. The lowest BCUT2D eigenvalue weighted by Gasteiger charge is -2.38. The number of halogens is 4. The quantitative estimate of drug-likeness (QED) is 0.457. The molecule has 0 N–H and O–H groups in total. The highest BCUT2D eigenvalue weighted by molar-refractivity contribution is 5.03. The molecule has 0 bridgehead atoms. The normalized spacial score (nSPS) is 48.3. The van der Waals surface area contributed by atoms with Crippen LogP contribution < -0.4 is 0 Å². The van der Waals surface area contributed by atoms with Gasteiger partial charge in [-0.2, -0.15) is 13.9 Å². The van der Waals surface area contributed by atoms with Crippen molar-refractivity contribution < 1.29 is 22.7 Å². The summed E-state index contributed by atoms with van der Waals surface area (Å²) in [6, 6.07) is 0. The average molecular weight is 143 g/mol. The van der Waals surface area contributed by atoms with E-state index in [9.17, 15) is 22.7 Å². The van der Waals surface area contributed by atoms with Crippen LogP contribution in [0, 0.1) is 0 Å². The highest BCUT2D eigenvalue weighted by atomic mass is 19.3. The zero-order valence-corrected chi connectivity index (χ0v) is 4.20. The van der Waals surface area contributed by atoms with Crippen molar-refractivity contribution in [3.63, 3.8) is 0 Å². The summed E-state index contributed by atoms with van der Waals surface area (Å²) in [5, 5.41) is 9.77. The summed E-state index contributed by atoms with van der Waals surface area (Å²) in [5.41, 5.74) is 0. The Labute approximate surface area is 48.3 Å². The third-order valence-electron chi connectivity index (χ3n) is 1.33. The van der Waals surface area contributed by atoms with Gasteiger partial charge in [-0.15, -0.1) is 0 Å². The molecule has 1 aliphatic rings. The number of hydrogen-bond donors (Lipinski definition) is 0. The lowest BCUT2D eigenvalue weighted by atomic mass is 9.86. The monoisotopic (exact) mass is 143 g/mol. The van der Waals surface area contributed by atoms with Gasteiger partial charge in [0.05, 0.1) is 6.42 Å². The van der Waals surface area contributed by atoms with E-state index >= 15 is 0 Å². The van der Waals surface area contributed by atoms with E-state index in [1.54, 1.807) is 0 Å². The Morgan fingerprint density at radius 2 is 1.78 bits per heavy atom. The van der Waals surface area contributed by atoms with Crippen molar-refractivity contribution in [2.45, 2.75) is 24.4 Å². The summed E-state index contributed by atoms with van der Waals surface area (Å²) in [4.78, 5) is 0. The summed E-state index contributed by atoms with van der Waals surface area (Å²) in [6.45, 7) is 0. The lowest BCUT2D eigenvalue weighted by molar-refractivity contribution is -0.370. The van der Waals surface area contributed by atoms with Crippen molar-refractivity contribution in [1.82, 2.24) is 0 Å². The second kappa shape index (κ2) is 1.39. The summed E-state index contributed by atoms with van der Waals surface area (Å²) in [5.74, 6) is -8.18. The molecule has 1 rings (SSSR count). The van der Waals surface area contributed by atoms with E-state index in [4.69, 9.17) is 0 Å². The van der Waals surface area contributed by atoms with Crippen LogP contribution in [-0.2, 0) is 5.11 Å². The maximum atomic E-state index is 11.7. The standard InChI is InChI=1S/C4H3F4O/c5-2-1-3(6,9)4(2,7)8/h2H,1H2. The van der Waals surface area contributed by atoms with Crippen LogP contribution in [0.1, 0.15) is 6.42 Å². The van der Waals surface area contributed by atoms with Crippen molar-refractivity contribution in [3.05, 3.63) is 0 Å². The first-order valence-corrected chi connectivity index (χ1v) is 2.29. The lowest BCUT2D eigenvalue weighted by Crippen LogP contribution is -2.62. The van der Waals surface area contributed by atoms with Gasteiger partial charge in [0.25, 0.3) is 0 Å². The van der Waals surface area contributed by atoms with Gasteiger partial charge in [-0.3, -0.25) is 0 Å². The Morgan fingerprint density at radius 1 is 1.33 bits per heavy atom. The molecule has 1 saturated carbocycles. The first kappa shape index (κ1) is 6.80. The van der Waals surface area contributed by atoms with E-state index in [-0.39, 0.29) is 0 Å². The van der Waals surface area contributed by atoms with E-state index in [0.29, 0.717) is 0 Å². The molecule has 53 valence electrons. The Morgan fingerprint density at radius 3 is 1.78 bits per heavy atom. The second-order valence-corrected chi connectivity index (χ2v) is 2.02. The number of hydrogen-bond acceptors (Lipinski definition) is 0. The first-order chi connectivity index (χ1) is 3.88. The molecule has 0 aromatic carbocycles. The van der Waals surface area contributed by atoms with Gasteiger partial charge in [0.1, 0.15) is 0 Å². The molecule has 1 aliphatic carbocycles. The van der Waals surface area contributed by atoms with Gasteiger partial charge in [0.15, 0.2) is 6.17 Å². The molecule has 2 atom stereocenters. The van der Waals surface area contributed by atoms with Crippen LogP contribution in [0.15, 0.2) is 0 Å². The van der Waals surface area contributed by atoms with Gasteiger partial charge in [0.2, 0.25) is 0 Å². The predicted molar refractivity (Wildman–Crippen MR) is 19.0 cm³/mol. The molecule has 0 aliphatic heterocycles. The number of alkyl halides is 4. The smallest absolute Gasteiger partial charge is 0.240 e. The maximum absolute atomic E-state index is 11.7. The van der Waals surface area contributed by atoms with E-state index < -0.39 is 24.4 Å². The fourth-order valence-electron chi connectivity index (χ4n) is 0.598. The predicted octanol–water partition coefficient (Wildman–Crippen LogP) is 1.46. The topological polar surface area (TPSA) is 19.9 Å². The molecule has 1 nitrogen and oxygen atoms in total. The zero-order valence-electron chi connectivity index (χ0n) is 4.20. The summed E-state index contributed by atoms with van der Waals surface area (Å²) >= 11 is 0. The van der Waals surface area contributed by atoms with E-state index in [1.807, 2.05) is 0 Å². The van der Waals surface area contributed by atoms with Gasteiger partial charge in [-0.1, -0.05) is 0 Å². The highest BCUT2D eigenvalue weighted by Crippen LogP contribution is 2.50. The Hall–Kier alpha value is -0.320. The first-order valence-electron chi connectivity index (χ1n) is 2.29. The Balaban J connectivity index is 2.70. The average Bonchev–Trinajstić information content (AvgIpc) is 1.65. The fraction of sp³-hybridized carbons (Fsp3) is 1.00. The zero-order chi connectivity index (χ0) is 7.28. The van der Waals surface area contributed by atoms with Crippen molar-refractivity contribution in [3.8, 4) is 0 Å². The highest BCUT2D eigenvalue weighted by Gasteiger charge is 2.72. The largest absolute Gasteiger partial charge is 0.339 e. The minimum absolute atomic E-state index is 1.24. The molecule has 0 saturated heterocycles. The third kappa shape index (κ3) is 0.640. The van der Waals surface area contributed by atoms with Crippen LogP contribution in [0.25, 0.3) is 0 Å². The van der Waals surface area contributed by atoms with Crippen LogP contribution >= 0.6 is 0 Å². The van der Waals surface area contributed by atoms with E-state index in [2.05, 4.69) is 0 Å². The van der Waals surface area contributed by atoms with E-state index in [0.717, 1.165) is 0 Å². The van der Waals surface area contributed by atoms with Crippen LogP contribution in [0.5, 0.6) is 0 Å². The summed E-state index contributed by atoms with van der Waals surface area (Å²) < 4.78 is 46.6. The molecule has 0 heterocycles. The Bertz CT molecular complexity index is 133. The minimum Gasteiger partial charge on any atom is -0.240 e.